The molecule has 8 heterocycles. The molecular weight excluding hydrogens is 1360 g/mol. The second-order valence-electron chi connectivity index (χ2n) is 24.4. The second kappa shape index (κ2) is 29.7. The number of aliphatic hydroxyl groups excluding tert-OH is 1. The molecule has 4 aromatic carbocycles. The summed E-state index contributed by atoms with van der Waals surface area (Å²) in [4.78, 5) is 46.8. The highest BCUT2D eigenvalue weighted by atomic mass is 32.2. The molecule has 4 aromatic rings. The van der Waals surface area contributed by atoms with Gasteiger partial charge >= 0.3 is 0 Å². The van der Waals surface area contributed by atoms with E-state index in [1.54, 1.807) is 62.0 Å². The number of ketones is 2. The lowest BCUT2D eigenvalue weighted by Crippen LogP contribution is -2.55. The molecule has 1 unspecified atom stereocenters. The number of piperidine rings is 4. The van der Waals surface area contributed by atoms with E-state index in [4.69, 9.17) is 14.2 Å². The summed E-state index contributed by atoms with van der Waals surface area (Å²) >= 11 is 1.72. The van der Waals surface area contributed by atoms with Crippen molar-refractivity contribution in [2.45, 2.75) is 127 Å². The molecular formula is C61H83N9O19S6. The Balaban J connectivity index is 0.000000149. The summed E-state index contributed by atoms with van der Waals surface area (Å²) < 4.78 is 150. The minimum atomic E-state index is -3.71. The lowest BCUT2D eigenvalue weighted by Gasteiger charge is -2.43. The van der Waals surface area contributed by atoms with Crippen LogP contribution in [0.15, 0.2) is 117 Å². The maximum Gasteiger partial charge on any atom is 0.269 e. The van der Waals surface area contributed by atoms with Crippen molar-refractivity contribution in [1.29, 1.82) is 0 Å². The Bertz CT molecular complexity index is 3990. The number of hydrogen-bond acceptors (Lipinski definition) is 22. The van der Waals surface area contributed by atoms with Crippen molar-refractivity contribution in [2.24, 2.45) is 0 Å². The van der Waals surface area contributed by atoms with Crippen LogP contribution < -0.4 is 10.6 Å². The van der Waals surface area contributed by atoms with Gasteiger partial charge in [0.05, 0.1) is 61.6 Å². The van der Waals surface area contributed by atoms with E-state index in [1.165, 1.54) is 96.0 Å². The highest BCUT2D eigenvalue weighted by Crippen LogP contribution is 2.45. The third-order valence-corrected chi connectivity index (χ3v) is 29.0. The van der Waals surface area contributed by atoms with Crippen LogP contribution in [0.2, 0.25) is 0 Å². The molecule has 34 heteroatoms. The minimum Gasteiger partial charge on any atom is -0.389 e. The third-order valence-electron chi connectivity index (χ3n) is 18.5. The van der Waals surface area contributed by atoms with Gasteiger partial charge in [-0.25, -0.2) is 42.1 Å². The number of non-ortho nitro benzene ring substituents is 1. The van der Waals surface area contributed by atoms with Gasteiger partial charge in [-0.05, 0) is 87.7 Å². The fourth-order valence-corrected chi connectivity index (χ4v) is 21.5. The lowest BCUT2D eigenvalue weighted by molar-refractivity contribution is -0.384. The molecule has 1 amide bonds. The number of rotatable bonds is 13. The van der Waals surface area contributed by atoms with Gasteiger partial charge in [0.15, 0.2) is 11.6 Å². The first kappa shape index (κ1) is 74.0. The Kier molecular flexibility index (Phi) is 23.1. The molecule has 0 aliphatic carbocycles. The third kappa shape index (κ3) is 16.6. The Morgan fingerprint density at radius 2 is 0.874 bits per heavy atom. The van der Waals surface area contributed by atoms with Gasteiger partial charge in [-0.2, -0.15) is 21.5 Å². The molecule has 12 rings (SSSR count). The normalized spacial score (nSPS) is 22.1. The molecule has 28 nitrogen and oxygen atoms in total. The Morgan fingerprint density at radius 3 is 1.20 bits per heavy atom. The predicted octanol–water partition coefficient (Wildman–Crippen LogP) is 4.16. The van der Waals surface area contributed by atoms with Crippen molar-refractivity contribution in [3.63, 3.8) is 0 Å². The number of nitro groups is 1. The molecule has 8 aliphatic rings. The molecule has 1 atom stereocenters. The summed E-state index contributed by atoms with van der Waals surface area (Å²) in [7, 11) is -17.8. The standard InChI is InChI=1S/C16H22N2O6S2.C15H19N3O5S2.C15H22N2O4S.C15H20N2O4S/c1-13(19)14-3-5-15(6-4-14)26(22,23)17-9-7-16(8-10-17)18(11-12-24-16)25(2,20)21;1-12(19)17-10-11-24-15(17)6-8-16(9-7-15)25(22,23)14-4-2-13(3-5-14)18(20)21;2*1-12(18)13-2-4-14(5-3-13)22(19,20)17-9-6-15(7-10-17)16-8-11-21-15/h3-6H,7-12H2,1-2H3;2-5H,6-11H2,1H3;2-5,12,16,18H,6-11H2,1H3;2-5,16H,6-11H2,1H3. The number of hydrogen-bond donors (Lipinski definition) is 3. The summed E-state index contributed by atoms with van der Waals surface area (Å²) in [6.07, 6.45) is 4.91. The van der Waals surface area contributed by atoms with Crippen LogP contribution in [-0.2, 0) is 69.1 Å². The molecule has 95 heavy (non-hydrogen) atoms. The zero-order valence-corrected chi connectivity index (χ0v) is 58.6. The van der Waals surface area contributed by atoms with Gasteiger partial charge in [-0.1, -0.05) is 36.4 Å². The number of benzene rings is 4. The van der Waals surface area contributed by atoms with Crippen molar-refractivity contribution in [2.75, 3.05) is 110 Å². The number of ether oxygens (including phenoxy) is 3. The van der Waals surface area contributed by atoms with E-state index >= 15 is 0 Å². The van der Waals surface area contributed by atoms with Gasteiger partial charge in [0.2, 0.25) is 56.0 Å². The van der Waals surface area contributed by atoms with Gasteiger partial charge in [-0.3, -0.25) is 35.1 Å². The van der Waals surface area contributed by atoms with E-state index in [2.05, 4.69) is 10.6 Å². The van der Waals surface area contributed by atoms with Gasteiger partial charge in [0.1, 0.15) is 17.2 Å². The Morgan fingerprint density at radius 1 is 0.516 bits per heavy atom. The van der Waals surface area contributed by atoms with Crippen molar-refractivity contribution in [3.05, 3.63) is 124 Å². The lowest BCUT2D eigenvalue weighted by atomic mass is 10.0. The molecule has 0 aromatic heterocycles. The molecule has 522 valence electrons. The zero-order chi connectivity index (χ0) is 69.0. The first-order chi connectivity index (χ1) is 44.7. The second-order valence-corrected chi connectivity index (χ2v) is 35.5. The monoisotopic (exact) mass is 1440 g/mol. The van der Waals surface area contributed by atoms with Crippen LogP contribution in [0.5, 0.6) is 0 Å². The van der Waals surface area contributed by atoms with Crippen LogP contribution >= 0.6 is 11.8 Å². The van der Waals surface area contributed by atoms with Crippen LogP contribution in [0.3, 0.4) is 0 Å². The van der Waals surface area contributed by atoms with E-state index in [1.807, 2.05) is 4.90 Å². The number of nitrogens with zero attached hydrogens (tertiary/aromatic N) is 7. The minimum absolute atomic E-state index is 0.0247. The predicted molar refractivity (Wildman–Crippen MR) is 351 cm³/mol. The average molecular weight is 1440 g/mol. The molecule has 8 fully saturated rings. The highest BCUT2D eigenvalue weighted by molar-refractivity contribution is 8.00. The number of Topliss-reactive ketones (excluding diaryl/α,β-unsaturated/α-hetero) is 2. The van der Waals surface area contributed by atoms with E-state index in [-0.39, 0.29) is 91.5 Å². The largest absolute Gasteiger partial charge is 0.389 e. The average Bonchev–Trinajstić information content (AvgIpc) is 1.74. The van der Waals surface area contributed by atoms with Crippen LogP contribution in [0.25, 0.3) is 0 Å². The number of amides is 1. The summed E-state index contributed by atoms with van der Waals surface area (Å²) in [5.74, 6) is 0.687. The summed E-state index contributed by atoms with van der Waals surface area (Å²) in [6.45, 7) is 13.2. The van der Waals surface area contributed by atoms with Gasteiger partial charge in [0, 0.05) is 153 Å². The van der Waals surface area contributed by atoms with E-state index in [0.29, 0.717) is 121 Å². The number of nitro benzene ring substituents is 1. The molecule has 4 spiro atoms. The summed E-state index contributed by atoms with van der Waals surface area (Å²) in [5.41, 5.74) is -0.0916. The maximum atomic E-state index is 12.8. The fourth-order valence-electron chi connectivity index (χ4n) is 13.0. The SMILES string of the molecule is CC(=O)N1CCSC12CCN(S(=O)(=O)c1ccc([N+](=O)[O-])cc1)CC2.CC(=O)c1ccc(S(=O)(=O)N2CCC3(CC2)NCCO3)cc1.CC(=O)c1ccc(S(=O)(=O)N2CCC3(CC2)OCCN3S(C)(=O)=O)cc1.CC(O)c1ccc(S(=O)(=O)N2CCC3(CC2)NCCO3)cc1. The summed E-state index contributed by atoms with van der Waals surface area (Å²) in [6, 6.07) is 23.3. The van der Waals surface area contributed by atoms with Gasteiger partial charge in [0.25, 0.3) is 5.69 Å². The first-order valence-electron chi connectivity index (χ1n) is 31.3. The summed E-state index contributed by atoms with van der Waals surface area (Å²) in [5, 5.41) is 26.9. The van der Waals surface area contributed by atoms with Crippen LogP contribution in [0, 0.1) is 10.1 Å². The van der Waals surface area contributed by atoms with E-state index in [0.717, 1.165) is 25.1 Å². The highest BCUT2D eigenvalue weighted by Gasteiger charge is 2.51. The van der Waals surface area contributed by atoms with E-state index < -0.39 is 66.9 Å². The fraction of sp³-hybridized carbons (Fsp3) is 0.557. The molecule has 0 radical (unpaired) electrons. The first-order valence-corrected chi connectivity index (χ1v) is 39.8. The molecule has 3 N–H and O–H groups in total. The van der Waals surface area contributed by atoms with E-state index in [9.17, 15) is 71.7 Å². The number of nitrogens with one attached hydrogen (secondary N) is 2. The molecule has 8 aliphatic heterocycles. The number of aliphatic hydroxyl groups is 1. The van der Waals surface area contributed by atoms with Crippen molar-refractivity contribution in [1.82, 2.24) is 37.1 Å². The van der Waals surface area contributed by atoms with Crippen molar-refractivity contribution < 1.29 is 80.7 Å². The number of sulfonamides is 5. The number of thioether (sulfide) groups is 1. The van der Waals surface area contributed by atoms with Crippen LogP contribution in [0.1, 0.15) is 111 Å². The quantitative estimate of drug-likeness (QED) is 0.0960. The topological polar surface area (TPSA) is 356 Å². The molecule has 0 bridgehead atoms. The van der Waals surface area contributed by atoms with Gasteiger partial charge in [-0.15, -0.1) is 11.8 Å². The Hall–Kier alpha value is -5.25. The van der Waals surface area contributed by atoms with Crippen molar-refractivity contribution in [3.8, 4) is 0 Å². The maximum absolute atomic E-state index is 12.8. The zero-order valence-electron chi connectivity index (χ0n) is 53.7. The molecule has 8 saturated heterocycles. The molecule has 0 saturated carbocycles. The smallest absolute Gasteiger partial charge is 0.269 e. The van der Waals surface area contributed by atoms with Crippen molar-refractivity contribution >= 4 is 85.0 Å². The Labute approximate surface area is 560 Å². The number of carbonyl (C=O) groups is 3. The number of carbonyl (C=O) groups excluding carboxylic acids is 3. The van der Waals surface area contributed by atoms with Crippen LogP contribution in [-0.4, -0.2) is 228 Å². The van der Waals surface area contributed by atoms with Gasteiger partial charge < -0.3 is 24.2 Å². The van der Waals surface area contributed by atoms with Crippen LogP contribution in [0.4, 0.5) is 5.69 Å².